The van der Waals surface area contributed by atoms with Crippen LogP contribution in [0.4, 0.5) is 5.82 Å². The molecule has 122 valence electrons. The summed E-state index contributed by atoms with van der Waals surface area (Å²) in [6, 6.07) is 12.1. The molecule has 0 saturated carbocycles. The molecule has 0 aliphatic carbocycles. The monoisotopic (exact) mass is 343 g/mol. The minimum absolute atomic E-state index is 0.250. The van der Waals surface area contributed by atoms with Crippen molar-refractivity contribution in [3.05, 3.63) is 58.6 Å². The molecule has 7 heteroatoms. The summed E-state index contributed by atoms with van der Waals surface area (Å²) < 4.78 is 10.0. The molecule has 1 aromatic heterocycles. The standard InChI is InChI=1S/C17H14ClN3O3/c1-10-9-12(5-8-14(10)23-2)15-16(21-24-20-15)19-17(22)11-3-6-13(18)7-4-11/h3-9H,1-2H3,(H,19,21,22). The van der Waals surface area contributed by atoms with Crippen molar-refractivity contribution >= 4 is 23.3 Å². The minimum Gasteiger partial charge on any atom is -0.496 e. The predicted molar refractivity (Wildman–Crippen MR) is 90.4 cm³/mol. The second-order valence-electron chi connectivity index (χ2n) is 5.11. The van der Waals surface area contributed by atoms with Gasteiger partial charge in [0.2, 0.25) is 5.82 Å². The van der Waals surface area contributed by atoms with Crippen molar-refractivity contribution in [3.63, 3.8) is 0 Å². The maximum atomic E-state index is 12.3. The highest BCUT2D eigenvalue weighted by atomic mass is 35.5. The molecule has 0 fully saturated rings. The number of amides is 1. The van der Waals surface area contributed by atoms with Gasteiger partial charge >= 0.3 is 0 Å². The van der Waals surface area contributed by atoms with E-state index in [2.05, 4.69) is 15.6 Å². The second-order valence-corrected chi connectivity index (χ2v) is 5.54. The molecule has 0 spiro atoms. The van der Waals surface area contributed by atoms with Crippen LogP contribution >= 0.6 is 11.6 Å². The quantitative estimate of drug-likeness (QED) is 0.775. The summed E-state index contributed by atoms with van der Waals surface area (Å²) in [6.45, 7) is 1.92. The lowest BCUT2D eigenvalue weighted by Gasteiger charge is -2.07. The molecule has 0 atom stereocenters. The Morgan fingerprint density at radius 1 is 1.17 bits per heavy atom. The van der Waals surface area contributed by atoms with Crippen molar-refractivity contribution < 1.29 is 14.2 Å². The summed E-state index contributed by atoms with van der Waals surface area (Å²) in [4.78, 5) is 12.3. The number of benzene rings is 2. The molecule has 0 aliphatic heterocycles. The molecule has 0 unspecified atom stereocenters. The highest BCUT2D eigenvalue weighted by Crippen LogP contribution is 2.29. The van der Waals surface area contributed by atoms with Gasteiger partial charge in [-0.25, -0.2) is 4.63 Å². The smallest absolute Gasteiger partial charge is 0.256 e. The maximum Gasteiger partial charge on any atom is 0.256 e. The van der Waals surface area contributed by atoms with Crippen molar-refractivity contribution in [2.75, 3.05) is 12.4 Å². The number of nitrogens with one attached hydrogen (secondary N) is 1. The molecule has 1 N–H and O–H groups in total. The first-order valence-electron chi connectivity index (χ1n) is 7.13. The Hall–Kier alpha value is -2.86. The number of hydrogen-bond acceptors (Lipinski definition) is 5. The first-order chi connectivity index (χ1) is 11.6. The van der Waals surface area contributed by atoms with Crippen LogP contribution in [0.5, 0.6) is 5.75 Å². The number of aromatic nitrogens is 2. The number of hydrogen-bond donors (Lipinski definition) is 1. The summed E-state index contributed by atoms with van der Waals surface area (Å²) in [5.41, 5.74) is 2.61. The van der Waals surface area contributed by atoms with Crippen LogP contribution in [0.2, 0.25) is 5.02 Å². The van der Waals surface area contributed by atoms with E-state index < -0.39 is 0 Å². The Balaban J connectivity index is 1.86. The van der Waals surface area contributed by atoms with Gasteiger partial charge < -0.3 is 10.1 Å². The van der Waals surface area contributed by atoms with Crippen LogP contribution in [0.1, 0.15) is 15.9 Å². The number of methoxy groups -OCH3 is 1. The predicted octanol–water partition coefficient (Wildman–Crippen LogP) is 3.96. The zero-order valence-electron chi connectivity index (χ0n) is 13.0. The van der Waals surface area contributed by atoms with Crippen LogP contribution in [0.3, 0.4) is 0 Å². The summed E-state index contributed by atoms with van der Waals surface area (Å²) in [6.07, 6.45) is 0. The van der Waals surface area contributed by atoms with Crippen molar-refractivity contribution in [1.82, 2.24) is 10.3 Å². The fourth-order valence-corrected chi connectivity index (χ4v) is 2.39. The molecule has 3 aromatic rings. The normalized spacial score (nSPS) is 10.5. The van der Waals surface area contributed by atoms with E-state index in [9.17, 15) is 4.79 Å². The van der Waals surface area contributed by atoms with Crippen LogP contribution in [-0.4, -0.2) is 23.3 Å². The first-order valence-corrected chi connectivity index (χ1v) is 7.51. The lowest BCUT2D eigenvalue weighted by atomic mass is 10.1. The summed E-state index contributed by atoms with van der Waals surface area (Å²) >= 11 is 5.82. The van der Waals surface area contributed by atoms with E-state index in [1.165, 1.54) is 0 Å². The number of rotatable bonds is 4. The van der Waals surface area contributed by atoms with E-state index in [1.54, 1.807) is 31.4 Å². The SMILES string of the molecule is COc1ccc(-c2nonc2NC(=O)c2ccc(Cl)cc2)cc1C. The molecule has 3 rings (SSSR count). The number of ether oxygens (including phenoxy) is 1. The zero-order valence-corrected chi connectivity index (χ0v) is 13.8. The highest BCUT2D eigenvalue weighted by molar-refractivity contribution is 6.30. The molecule has 2 aromatic carbocycles. The lowest BCUT2D eigenvalue weighted by Crippen LogP contribution is -2.12. The average Bonchev–Trinajstić information content (AvgIpc) is 3.03. The number of halogens is 1. The topological polar surface area (TPSA) is 77.2 Å². The fraction of sp³-hybridized carbons (Fsp3) is 0.118. The van der Waals surface area contributed by atoms with Crippen molar-refractivity contribution in [3.8, 4) is 17.0 Å². The van der Waals surface area contributed by atoms with Gasteiger partial charge in [0, 0.05) is 16.1 Å². The van der Waals surface area contributed by atoms with Gasteiger partial charge in [0.15, 0.2) is 5.69 Å². The van der Waals surface area contributed by atoms with Crippen LogP contribution in [0.15, 0.2) is 47.1 Å². The van der Waals surface area contributed by atoms with Crippen LogP contribution in [-0.2, 0) is 0 Å². The van der Waals surface area contributed by atoms with E-state index in [4.69, 9.17) is 21.0 Å². The molecule has 0 aliphatic rings. The van der Waals surface area contributed by atoms with E-state index >= 15 is 0 Å². The Labute approximate surface area is 143 Å². The highest BCUT2D eigenvalue weighted by Gasteiger charge is 2.17. The average molecular weight is 344 g/mol. The molecule has 0 radical (unpaired) electrons. The van der Waals surface area contributed by atoms with E-state index in [0.29, 0.717) is 16.3 Å². The van der Waals surface area contributed by atoms with Gasteiger partial charge in [-0.1, -0.05) is 11.6 Å². The van der Waals surface area contributed by atoms with Crippen molar-refractivity contribution in [2.24, 2.45) is 0 Å². The summed E-state index contributed by atoms with van der Waals surface area (Å²) in [7, 11) is 1.61. The first kappa shape index (κ1) is 16.0. The number of carbonyl (C=O) groups is 1. The Morgan fingerprint density at radius 2 is 1.92 bits per heavy atom. The molecule has 0 saturated heterocycles. The number of aryl methyl sites for hydroxylation is 1. The molecule has 1 heterocycles. The Morgan fingerprint density at radius 3 is 2.58 bits per heavy atom. The molecular weight excluding hydrogens is 330 g/mol. The van der Waals surface area contributed by atoms with Crippen LogP contribution in [0.25, 0.3) is 11.3 Å². The Kier molecular flexibility index (Phi) is 4.48. The van der Waals surface area contributed by atoms with Gasteiger partial charge in [0.1, 0.15) is 5.75 Å². The van der Waals surface area contributed by atoms with E-state index in [0.717, 1.165) is 16.9 Å². The van der Waals surface area contributed by atoms with Crippen molar-refractivity contribution in [1.29, 1.82) is 0 Å². The lowest BCUT2D eigenvalue weighted by molar-refractivity contribution is 0.102. The van der Waals surface area contributed by atoms with Crippen LogP contribution < -0.4 is 10.1 Å². The minimum atomic E-state index is -0.325. The molecule has 0 bridgehead atoms. The number of carbonyl (C=O) groups excluding carboxylic acids is 1. The molecular formula is C17H14ClN3O3. The number of nitrogens with zero attached hydrogens (tertiary/aromatic N) is 2. The molecule has 6 nitrogen and oxygen atoms in total. The largest absolute Gasteiger partial charge is 0.496 e. The van der Waals surface area contributed by atoms with Gasteiger partial charge in [-0.15, -0.1) is 0 Å². The van der Waals surface area contributed by atoms with Gasteiger partial charge in [-0.3, -0.25) is 4.79 Å². The van der Waals surface area contributed by atoms with E-state index in [-0.39, 0.29) is 11.7 Å². The molecule has 1 amide bonds. The fourth-order valence-electron chi connectivity index (χ4n) is 2.27. The van der Waals surface area contributed by atoms with Crippen molar-refractivity contribution in [2.45, 2.75) is 6.92 Å². The zero-order chi connectivity index (χ0) is 17.1. The summed E-state index contributed by atoms with van der Waals surface area (Å²) in [5.74, 6) is 0.690. The third-order valence-electron chi connectivity index (χ3n) is 3.50. The van der Waals surface area contributed by atoms with E-state index in [1.807, 2.05) is 25.1 Å². The van der Waals surface area contributed by atoms with Crippen LogP contribution in [0, 0.1) is 6.92 Å². The summed E-state index contributed by atoms with van der Waals surface area (Å²) in [5, 5.41) is 10.9. The van der Waals surface area contributed by atoms with Gasteiger partial charge in [0.05, 0.1) is 7.11 Å². The van der Waals surface area contributed by atoms with Gasteiger partial charge in [0.25, 0.3) is 5.91 Å². The van der Waals surface area contributed by atoms with Gasteiger partial charge in [-0.2, -0.15) is 0 Å². The third kappa shape index (κ3) is 3.23. The Bertz CT molecular complexity index is 875. The second kappa shape index (κ2) is 6.72. The number of anilines is 1. The maximum absolute atomic E-state index is 12.3. The van der Waals surface area contributed by atoms with Gasteiger partial charge in [-0.05, 0) is 65.3 Å². The third-order valence-corrected chi connectivity index (χ3v) is 3.75. The molecule has 24 heavy (non-hydrogen) atoms.